The second-order valence-electron chi connectivity index (χ2n) is 4.49. The van der Waals surface area contributed by atoms with Gasteiger partial charge < -0.3 is 10.1 Å². The van der Waals surface area contributed by atoms with Crippen molar-refractivity contribution in [3.63, 3.8) is 0 Å². The molecule has 0 aromatic carbocycles. The lowest BCUT2D eigenvalue weighted by Gasteiger charge is -2.30. The Morgan fingerprint density at radius 3 is 3.00 bits per heavy atom. The molecule has 0 saturated carbocycles. The summed E-state index contributed by atoms with van der Waals surface area (Å²) in [5.41, 5.74) is 0. The number of likely N-dealkylation sites (N-methyl/N-ethyl adjacent to an activating group) is 1. The summed E-state index contributed by atoms with van der Waals surface area (Å²) in [6, 6.07) is 0.479. The SMILES string of the molecule is CCCCOC(=O)CN(C)C1CCCNC1. The van der Waals surface area contributed by atoms with Crippen LogP contribution in [0.15, 0.2) is 0 Å². The van der Waals surface area contributed by atoms with Crippen molar-refractivity contribution in [1.82, 2.24) is 10.2 Å². The maximum absolute atomic E-state index is 11.5. The number of hydrogen-bond acceptors (Lipinski definition) is 4. The van der Waals surface area contributed by atoms with Crippen LogP contribution in [0.2, 0.25) is 0 Å². The number of esters is 1. The van der Waals surface area contributed by atoms with Crippen molar-refractivity contribution < 1.29 is 9.53 Å². The molecular weight excluding hydrogens is 204 g/mol. The standard InChI is InChI=1S/C12H24N2O2/c1-3-4-8-16-12(15)10-14(2)11-6-5-7-13-9-11/h11,13H,3-10H2,1-2H3. The molecule has 0 aliphatic carbocycles. The van der Waals surface area contributed by atoms with E-state index in [1.807, 2.05) is 7.05 Å². The summed E-state index contributed by atoms with van der Waals surface area (Å²) in [6.45, 7) is 5.15. The van der Waals surface area contributed by atoms with Crippen LogP contribution < -0.4 is 5.32 Å². The van der Waals surface area contributed by atoms with Gasteiger partial charge in [0, 0.05) is 12.6 Å². The van der Waals surface area contributed by atoms with Crippen molar-refractivity contribution in [1.29, 1.82) is 0 Å². The third-order valence-electron chi connectivity index (χ3n) is 3.03. The van der Waals surface area contributed by atoms with Gasteiger partial charge in [0.1, 0.15) is 0 Å². The largest absolute Gasteiger partial charge is 0.465 e. The summed E-state index contributed by atoms with van der Waals surface area (Å²) < 4.78 is 5.14. The topological polar surface area (TPSA) is 41.6 Å². The van der Waals surface area contributed by atoms with Crippen molar-refractivity contribution >= 4 is 5.97 Å². The summed E-state index contributed by atoms with van der Waals surface area (Å²) >= 11 is 0. The number of nitrogens with zero attached hydrogens (tertiary/aromatic N) is 1. The molecule has 0 spiro atoms. The highest BCUT2D eigenvalue weighted by molar-refractivity contribution is 5.71. The van der Waals surface area contributed by atoms with Crippen LogP contribution in [-0.2, 0) is 9.53 Å². The molecule has 4 heteroatoms. The Morgan fingerprint density at radius 1 is 1.56 bits per heavy atom. The Bertz CT molecular complexity index is 203. The molecule has 0 amide bonds. The lowest BCUT2D eigenvalue weighted by Crippen LogP contribution is -2.46. The quantitative estimate of drug-likeness (QED) is 0.544. The first-order chi connectivity index (χ1) is 7.74. The van der Waals surface area contributed by atoms with Crippen LogP contribution in [0.1, 0.15) is 32.6 Å². The average molecular weight is 228 g/mol. The highest BCUT2D eigenvalue weighted by Crippen LogP contribution is 2.08. The van der Waals surface area contributed by atoms with Gasteiger partial charge in [-0.15, -0.1) is 0 Å². The minimum Gasteiger partial charge on any atom is -0.465 e. The molecule has 1 N–H and O–H groups in total. The Kier molecular flexibility index (Phi) is 6.42. The second kappa shape index (κ2) is 7.63. The number of carbonyl (C=O) groups is 1. The van der Waals surface area contributed by atoms with E-state index in [1.54, 1.807) is 0 Å². The van der Waals surface area contributed by atoms with Crippen LogP contribution in [-0.4, -0.2) is 50.2 Å². The normalized spacial score (nSPS) is 21.1. The van der Waals surface area contributed by atoms with Gasteiger partial charge in [-0.2, -0.15) is 0 Å². The van der Waals surface area contributed by atoms with Gasteiger partial charge in [0.2, 0.25) is 0 Å². The van der Waals surface area contributed by atoms with Crippen molar-refractivity contribution in [2.45, 2.75) is 38.6 Å². The Morgan fingerprint density at radius 2 is 2.38 bits per heavy atom. The minimum atomic E-state index is -0.0958. The molecular formula is C12H24N2O2. The molecule has 1 saturated heterocycles. The van der Waals surface area contributed by atoms with E-state index in [0.29, 0.717) is 19.2 Å². The Hall–Kier alpha value is -0.610. The monoisotopic (exact) mass is 228 g/mol. The van der Waals surface area contributed by atoms with E-state index in [9.17, 15) is 4.79 Å². The number of carbonyl (C=O) groups excluding carboxylic acids is 1. The highest BCUT2D eigenvalue weighted by Gasteiger charge is 2.19. The summed E-state index contributed by atoms with van der Waals surface area (Å²) in [5.74, 6) is -0.0958. The molecule has 1 unspecified atom stereocenters. The van der Waals surface area contributed by atoms with Crippen molar-refractivity contribution in [3.8, 4) is 0 Å². The van der Waals surface area contributed by atoms with Gasteiger partial charge in [-0.3, -0.25) is 9.69 Å². The smallest absolute Gasteiger partial charge is 0.320 e. The summed E-state index contributed by atoms with van der Waals surface area (Å²) in [7, 11) is 2.00. The Labute approximate surface area is 98.3 Å². The van der Waals surface area contributed by atoms with Gasteiger partial charge in [0.15, 0.2) is 0 Å². The van der Waals surface area contributed by atoms with Crippen molar-refractivity contribution in [3.05, 3.63) is 0 Å². The summed E-state index contributed by atoms with van der Waals surface area (Å²) in [6.07, 6.45) is 4.39. The zero-order valence-corrected chi connectivity index (χ0v) is 10.5. The van der Waals surface area contributed by atoms with Crippen LogP contribution in [0.25, 0.3) is 0 Å². The van der Waals surface area contributed by atoms with E-state index in [1.165, 1.54) is 12.8 Å². The van der Waals surface area contributed by atoms with E-state index in [2.05, 4.69) is 17.1 Å². The molecule has 0 aromatic rings. The van der Waals surface area contributed by atoms with Gasteiger partial charge >= 0.3 is 5.97 Å². The third kappa shape index (κ3) is 4.94. The number of hydrogen-bond donors (Lipinski definition) is 1. The highest BCUT2D eigenvalue weighted by atomic mass is 16.5. The predicted molar refractivity (Wildman–Crippen MR) is 64.4 cm³/mol. The van der Waals surface area contributed by atoms with E-state index in [-0.39, 0.29) is 5.97 Å². The summed E-state index contributed by atoms with van der Waals surface area (Å²) in [5, 5.41) is 3.35. The molecule has 1 heterocycles. The zero-order chi connectivity index (χ0) is 11.8. The van der Waals surface area contributed by atoms with Crippen LogP contribution >= 0.6 is 0 Å². The summed E-state index contributed by atoms with van der Waals surface area (Å²) in [4.78, 5) is 13.6. The van der Waals surface area contributed by atoms with Crippen molar-refractivity contribution in [2.75, 3.05) is 33.3 Å². The first-order valence-electron chi connectivity index (χ1n) is 6.30. The van der Waals surface area contributed by atoms with Crippen LogP contribution in [0.4, 0.5) is 0 Å². The lowest BCUT2D eigenvalue weighted by molar-refractivity contribution is -0.145. The van der Waals surface area contributed by atoms with E-state index in [4.69, 9.17) is 4.74 Å². The average Bonchev–Trinajstić information content (AvgIpc) is 2.30. The fraction of sp³-hybridized carbons (Fsp3) is 0.917. The molecule has 94 valence electrons. The first kappa shape index (κ1) is 13.5. The van der Waals surface area contributed by atoms with Gasteiger partial charge in [0.25, 0.3) is 0 Å². The zero-order valence-electron chi connectivity index (χ0n) is 10.5. The van der Waals surface area contributed by atoms with Gasteiger partial charge in [-0.25, -0.2) is 0 Å². The van der Waals surface area contributed by atoms with Crippen LogP contribution in [0, 0.1) is 0 Å². The first-order valence-corrected chi connectivity index (χ1v) is 6.30. The molecule has 0 radical (unpaired) electrons. The van der Waals surface area contributed by atoms with E-state index >= 15 is 0 Å². The van der Waals surface area contributed by atoms with E-state index < -0.39 is 0 Å². The van der Waals surface area contributed by atoms with Crippen LogP contribution in [0.3, 0.4) is 0 Å². The molecule has 4 nitrogen and oxygen atoms in total. The third-order valence-corrected chi connectivity index (χ3v) is 3.03. The molecule has 16 heavy (non-hydrogen) atoms. The fourth-order valence-corrected chi connectivity index (χ4v) is 1.92. The second-order valence-corrected chi connectivity index (χ2v) is 4.49. The number of piperidine rings is 1. The maximum Gasteiger partial charge on any atom is 0.320 e. The maximum atomic E-state index is 11.5. The van der Waals surface area contributed by atoms with E-state index in [0.717, 1.165) is 25.9 Å². The molecule has 1 fully saturated rings. The molecule has 1 aliphatic heterocycles. The fourth-order valence-electron chi connectivity index (χ4n) is 1.92. The van der Waals surface area contributed by atoms with Gasteiger partial charge in [-0.05, 0) is 32.9 Å². The van der Waals surface area contributed by atoms with Gasteiger partial charge in [-0.1, -0.05) is 13.3 Å². The number of rotatable bonds is 6. The number of nitrogens with one attached hydrogen (secondary N) is 1. The molecule has 0 bridgehead atoms. The molecule has 1 rings (SSSR count). The van der Waals surface area contributed by atoms with Crippen LogP contribution in [0.5, 0.6) is 0 Å². The molecule has 1 atom stereocenters. The minimum absolute atomic E-state index is 0.0958. The van der Waals surface area contributed by atoms with Gasteiger partial charge in [0.05, 0.1) is 13.2 Å². The molecule has 0 aromatic heterocycles. The van der Waals surface area contributed by atoms with Crippen molar-refractivity contribution in [2.24, 2.45) is 0 Å². The number of ether oxygens (including phenoxy) is 1. The lowest BCUT2D eigenvalue weighted by atomic mass is 10.1. The number of unbranched alkanes of at least 4 members (excludes halogenated alkanes) is 1. The predicted octanol–water partition coefficient (Wildman–Crippen LogP) is 1.01. The Balaban J connectivity index is 2.16. The molecule has 1 aliphatic rings.